The highest BCUT2D eigenvalue weighted by atomic mass is 32.2. The summed E-state index contributed by atoms with van der Waals surface area (Å²) in [6.07, 6.45) is 0.591. The Labute approximate surface area is 134 Å². The molecule has 0 unspecified atom stereocenters. The standard InChI is InChI=1S/C14H18N4O4S/c1-11-10-12(2)17(16-11)9-3-8-15-23(21,22)14-6-4-13(5-7-14)18(19)20/h4-7,10,15H,3,8-9H2,1-2H3. The average molecular weight is 338 g/mol. The van der Waals surface area contributed by atoms with Gasteiger partial charge in [-0.05, 0) is 38.5 Å². The van der Waals surface area contributed by atoms with Crippen LogP contribution in [0.15, 0.2) is 35.2 Å². The van der Waals surface area contributed by atoms with Gasteiger partial charge >= 0.3 is 0 Å². The molecule has 0 aliphatic carbocycles. The number of benzene rings is 1. The molecule has 9 heteroatoms. The quantitative estimate of drug-likeness (QED) is 0.470. The molecule has 0 amide bonds. The predicted molar refractivity (Wildman–Crippen MR) is 84.6 cm³/mol. The van der Waals surface area contributed by atoms with Gasteiger partial charge in [0.25, 0.3) is 5.69 Å². The molecule has 0 spiro atoms. The van der Waals surface area contributed by atoms with Crippen LogP contribution in [0.1, 0.15) is 17.8 Å². The Morgan fingerprint density at radius 1 is 1.26 bits per heavy atom. The van der Waals surface area contributed by atoms with Crippen molar-refractivity contribution >= 4 is 15.7 Å². The molecule has 1 aromatic carbocycles. The van der Waals surface area contributed by atoms with Crippen molar-refractivity contribution in [2.24, 2.45) is 0 Å². The van der Waals surface area contributed by atoms with E-state index in [1.54, 1.807) is 0 Å². The molecule has 2 aromatic rings. The first-order chi connectivity index (χ1) is 10.8. The van der Waals surface area contributed by atoms with Crippen molar-refractivity contribution in [2.45, 2.75) is 31.7 Å². The maximum Gasteiger partial charge on any atom is 0.269 e. The molecule has 0 saturated carbocycles. The lowest BCUT2D eigenvalue weighted by Crippen LogP contribution is -2.25. The first-order valence-electron chi connectivity index (χ1n) is 7.05. The van der Waals surface area contributed by atoms with E-state index in [0.29, 0.717) is 13.0 Å². The summed E-state index contributed by atoms with van der Waals surface area (Å²) in [5.74, 6) is 0. The molecule has 0 atom stereocenters. The molecule has 8 nitrogen and oxygen atoms in total. The van der Waals surface area contributed by atoms with E-state index in [1.165, 1.54) is 24.3 Å². The summed E-state index contributed by atoms with van der Waals surface area (Å²) in [5, 5.41) is 14.9. The Kier molecular flexibility index (Phi) is 5.12. The number of nitro benzene ring substituents is 1. The maximum absolute atomic E-state index is 12.1. The fourth-order valence-electron chi connectivity index (χ4n) is 2.17. The number of rotatable bonds is 7. The van der Waals surface area contributed by atoms with Crippen LogP contribution in [0.5, 0.6) is 0 Å². The lowest BCUT2D eigenvalue weighted by molar-refractivity contribution is -0.384. The Hall–Kier alpha value is -2.26. The maximum atomic E-state index is 12.1. The minimum atomic E-state index is -3.66. The number of nitrogens with zero attached hydrogens (tertiary/aromatic N) is 3. The summed E-state index contributed by atoms with van der Waals surface area (Å²) < 4.78 is 28.5. The van der Waals surface area contributed by atoms with Crippen LogP contribution in [0, 0.1) is 24.0 Å². The van der Waals surface area contributed by atoms with E-state index < -0.39 is 14.9 Å². The summed E-state index contributed by atoms with van der Waals surface area (Å²) in [6.45, 7) is 4.72. The Morgan fingerprint density at radius 2 is 1.91 bits per heavy atom. The highest BCUT2D eigenvalue weighted by Crippen LogP contribution is 2.15. The second-order valence-electron chi connectivity index (χ2n) is 5.15. The first-order valence-corrected chi connectivity index (χ1v) is 8.53. The van der Waals surface area contributed by atoms with Gasteiger partial charge in [0.1, 0.15) is 0 Å². The second kappa shape index (κ2) is 6.88. The molecule has 1 aromatic heterocycles. The van der Waals surface area contributed by atoms with E-state index in [0.717, 1.165) is 11.4 Å². The zero-order valence-electron chi connectivity index (χ0n) is 12.9. The minimum Gasteiger partial charge on any atom is -0.270 e. The first kappa shape index (κ1) is 17.1. The van der Waals surface area contributed by atoms with E-state index in [9.17, 15) is 18.5 Å². The molecule has 0 saturated heterocycles. The van der Waals surface area contributed by atoms with Gasteiger partial charge in [0.15, 0.2) is 0 Å². The van der Waals surface area contributed by atoms with Crippen molar-refractivity contribution in [1.29, 1.82) is 0 Å². The summed E-state index contributed by atoms with van der Waals surface area (Å²) in [4.78, 5) is 10.0. The van der Waals surface area contributed by atoms with E-state index in [-0.39, 0.29) is 17.1 Å². The van der Waals surface area contributed by atoms with Crippen LogP contribution in [-0.4, -0.2) is 29.7 Å². The van der Waals surface area contributed by atoms with E-state index >= 15 is 0 Å². The van der Waals surface area contributed by atoms with Crippen LogP contribution in [0.3, 0.4) is 0 Å². The summed E-state index contributed by atoms with van der Waals surface area (Å²) in [7, 11) is -3.66. The van der Waals surface area contributed by atoms with Gasteiger partial charge in [-0.25, -0.2) is 13.1 Å². The van der Waals surface area contributed by atoms with Gasteiger partial charge in [-0.15, -0.1) is 0 Å². The fraction of sp³-hybridized carbons (Fsp3) is 0.357. The van der Waals surface area contributed by atoms with Gasteiger partial charge in [-0.3, -0.25) is 14.8 Å². The van der Waals surface area contributed by atoms with Gasteiger partial charge in [0.2, 0.25) is 10.0 Å². The van der Waals surface area contributed by atoms with Gasteiger partial charge in [-0.2, -0.15) is 5.10 Å². The molecule has 23 heavy (non-hydrogen) atoms. The fourth-order valence-corrected chi connectivity index (χ4v) is 3.24. The molecule has 2 rings (SSSR count). The van der Waals surface area contributed by atoms with Crippen LogP contribution in [-0.2, 0) is 16.6 Å². The van der Waals surface area contributed by atoms with Gasteiger partial charge in [0.05, 0.1) is 15.5 Å². The minimum absolute atomic E-state index is 0.00853. The van der Waals surface area contributed by atoms with Gasteiger partial charge in [-0.1, -0.05) is 0 Å². The van der Waals surface area contributed by atoms with Crippen molar-refractivity contribution in [1.82, 2.24) is 14.5 Å². The highest BCUT2D eigenvalue weighted by molar-refractivity contribution is 7.89. The average Bonchev–Trinajstić information content (AvgIpc) is 2.81. The molecular formula is C14H18N4O4S. The van der Waals surface area contributed by atoms with Crippen molar-refractivity contribution in [3.05, 3.63) is 51.8 Å². The molecule has 0 fully saturated rings. The molecular weight excluding hydrogens is 320 g/mol. The van der Waals surface area contributed by atoms with Gasteiger partial charge < -0.3 is 0 Å². The van der Waals surface area contributed by atoms with Gasteiger partial charge in [0, 0.05) is 30.9 Å². The molecule has 0 bridgehead atoms. The molecule has 0 aliphatic rings. The zero-order valence-corrected chi connectivity index (χ0v) is 13.7. The second-order valence-corrected chi connectivity index (χ2v) is 6.92. The summed E-state index contributed by atoms with van der Waals surface area (Å²) >= 11 is 0. The lowest BCUT2D eigenvalue weighted by atomic mass is 10.3. The molecule has 0 radical (unpaired) electrons. The van der Waals surface area contributed by atoms with Crippen molar-refractivity contribution in [3.63, 3.8) is 0 Å². The lowest BCUT2D eigenvalue weighted by Gasteiger charge is -2.07. The predicted octanol–water partition coefficient (Wildman–Crippen LogP) is 1.78. The summed E-state index contributed by atoms with van der Waals surface area (Å²) in [6, 6.07) is 6.75. The van der Waals surface area contributed by atoms with Crippen LogP contribution in [0.4, 0.5) is 5.69 Å². The van der Waals surface area contributed by atoms with Crippen molar-refractivity contribution in [2.75, 3.05) is 6.54 Å². The van der Waals surface area contributed by atoms with E-state index in [2.05, 4.69) is 9.82 Å². The van der Waals surface area contributed by atoms with Crippen LogP contribution < -0.4 is 4.72 Å². The van der Waals surface area contributed by atoms with Crippen LogP contribution in [0.2, 0.25) is 0 Å². The number of nitrogens with one attached hydrogen (secondary N) is 1. The number of non-ortho nitro benzene ring substituents is 1. The molecule has 1 N–H and O–H groups in total. The van der Waals surface area contributed by atoms with Crippen LogP contribution in [0.25, 0.3) is 0 Å². The number of nitro groups is 1. The van der Waals surface area contributed by atoms with Crippen LogP contribution >= 0.6 is 0 Å². The van der Waals surface area contributed by atoms with E-state index in [4.69, 9.17) is 0 Å². The smallest absolute Gasteiger partial charge is 0.269 e. The molecule has 124 valence electrons. The van der Waals surface area contributed by atoms with Crippen molar-refractivity contribution in [3.8, 4) is 0 Å². The normalized spacial score (nSPS) is 11.6. The third kappa shape index (κ3) is 4.36. The Balaban J connectivity index is 1.91. The monoisotopic (exact) mass is 338 g/mol. The highest BCUT2D eigenvalue weighted by Gasteiger charge is 2.15. The summed E-state index contributed by atoms with van der Waals surface area (Å²) in [5.41, 5.74) is 1.81. The molecule has 1 heterocycles. The number of hydrogen-bond acceptors (Lipinski definition) is 5. The number of aryl methyl sites for hydroxylation is 3. The molecule has 0 aliphatic heterocycles. The number of sulfonamides is 1. The zero-order chi connectivity index (χ0) is 17.0. The number of hydrogen-bond donors (Lipinski definition) is 1. The SMILES string of the molecule is Cc1cc(C)n(CCCNS(=O)(=O)c2ccc([N+](=O)[O-])cc2)n1. The topological polar surface area (TPSA) is 107 Å². The van der Waals surface area contributed by atoms with Crippen molar-refractivity contribution < 1.29 is 13.3 Å². The third-order valence-electron chi connectivity index (χ3n) is 3.30. The third-order valence-corrected chi connectivity index (χ3v) is 4.78. The van der Waals surface area contributed by atoms with E-state index in [1.807, 2.05) is 24.6 Å². The Bertz CT molecular complexity index is 797. The largest absolute Gasteiger partial charge is 0.270 e. The Morgan fingerprint density at radius 3 is 2.43 bits per heavy atom. The number of aromatic nitrogens is 2.